The molecule has 134 valence electrons. The minimum absolute atomic E-state index is 0.489. The minimum atomic E-state index is -0.506. The Kier molecular flexibility index (Phi) is 5.80. The van der Waals surface area contributed by atoms with Gasteiger partial charge in [-0.2, -0.15) is 0 Å². The van der Waals surface area contributed by atoms with Crippen LogP contribution in [0, 0.1) is 5.92 Å². The van der Waals surface area contributed by atoms with E-state index in [0.717, 1.165) is 18.5 Å². The summed E-state index contributed by atoms with van der Waals surface area (Å²) in [6.07, 6.45) is 3.65. The Balaban J connectivity index is 2.11. The Labute approximate surface area is 144 Å². The summed E-state index contributed by atoms with van der Waals surface area (Å²) in [6.45, 7) is 6.51. The minimum Gasteiger partial charge on any atom is -0.491 e. The van der Waals surface area contributed by atoms with Gasteiger partial charge in [0, 0.05) is 13.1 Å². The van der Waals surface area contributed by atoms with Crippen LogP contribution >= 0.6 is 0 Å². The summed E-state index contributed by atoms with van der Waals surface area (Å²) in [6, 6.07) is 3.51. The van der Waals surface area contributed by atoms with Crippen molar-refractivity contribution < 1.29 is 14.3 Å². The molecule has 6 nitrogen and oxygen atoms in total. The fraction of sp³-hybridized carbons (Fsp3) is 0.611. The lowest BCUT2D eigenvalue weighted by molar-refractivity contribution is 0.0418. The lowest BCUT2D eigenvalue weighted by Crippen LogP contribution is -2.30. The summed E-state index contributed by atoms with van der Waals surface area (Å²) >= 11 is 0. The van der Waals surface area contributed by atoms with Crippen LogP contribution in [0.4, 0.5) is 21.9 Å². The molecule has 0 saturated heterocycles. The van der Waals surface area contributed by atoms with Gasteiger partial charge in [-0.15, -0.1) is 0 Å². The number of benzene rings is 1. The average Bonchev–Trinajstić information content (AvgIpc) is 3.30. The molecule has 0 aliphatic heterocycles. The molecule has 1 aromatic carbocycles. The first-order valence-corrected chi connectivity index (χ1v) is 8.58. The van der Waals surface area contributed by atoms with Crippen LogP contribution in [0.1, 0.15) is 46.5 Å². The van der Waals surface area contributed by atoms with Crippen molar-refractivity contribution in [2.24, 2.45) is 5.92 Å². The number of nitrogens with two attached hydrogens (primary N) is 1. The number of nitrogens with one attached hydrogen (secondary N) is 2. The van der Waals surface area contributed by atoms with Gasteiger partial charge >= 0.3 is 6.09 Å². The van der Waals surface area contributed by atoms with Gasteiger partial charge in [0.15, 0.2) is 0 Å². The number of nitrogen functional groups attached to an aromatic ring is 1. The van der Waals surface area contributed by atoms with Crippen LogP contribution < -0.4 is 21.1 Å². The maximum Gasteiger partial charge on any atom is 0.412 e. The first kappa shape index (κ1) is 18.2. The molecule has 6 heteroatoms. The number of carbonyl (C=O) groups is 1. The van der Waals surface area contributed by atoms with Crippen LogP contribution in [0.25, 0.3) is 0 Å². The zero-order valence-corrected chi connectivity index (χ0v) is 15.1. The molecule has 2 rings (SSSR count). The highest BCUT2D eigenvalue weighted by Crippen LogP contribution is 2.36. The van der Waals surface area contributed by atoms with Gasteiger partial charge in [-0.25, -0.2) is 4.79 Å². The molecule has 0 atom stereocenters. The van der Waals surface area contributed by atoms with E-state index >= 15 is 0 Å². The van der Waals surface area contributed by atoms with Crippen molar-refractivity contribution in [3.8, 4) is 5.75 Å². The van der Waals surface area contributed by atoms with Crippen molar-refractivity contribution in [2.75, 3.05) is 30.0 Å². The molecule has 24 heavy (non-hydrogen) atoms. The Morgan fingerprint density at radius 3 is 2.62 bits per heavy atom. The van der Waals surface area contributed by atoms with Crippen LogP contribution in [0.3, 0.4) is 0 Å². The topological polar surface area (TPSA) is 85.6 Å². The molecule has 4 N–H and O–H groups in total. The molecule has 1 aliphatic rings. The van der Waals surface area contributed by atoms with Crippen molar-refractivity contribution in [1.29, 1.82) is 0 Å². The number of carbonyl (C=O) groups excluding carboxylic acids is 1. The summed E-state index contributed by atoms with van der Waals surface area (Å²) in [5.41, 5.74) is 7.37. The SMILES string of the molecule is CCCC(C)(C)OC(=O)Nc1cc(NC)c(N)cc1OCC1CC1. The summed E-state index contributed by atoms with van der Waals surface area (Å²) in [4.78, 5) is 12.2. The van der Waals surface area contributed by atoms with E-state index in [1.54, 1.807) is 19.2 Å². The van der Waals surface area contributed by atoms with E-state index < -0.39 is 11.7 Å². The highest BCUT2D eigenvalue weighted by molar-refractivity contribution is 5.90. The molecule has 0 bridgehead atoms. The van der Waals surface area contributed by atoms with Gasteiger partial charge in [0.1, 0.15) is 11.4 Å². The molecule has 0 spiro atoms. The summed E-state index contributed by atoms with van der Waals surface area (Å²) in [7, 11) is 1.78. The van der Waals surface area contributed by atoms with Crippen molar-refractivity contribution in [1.82, 2.24) is 0 Å². The number of hydrogen-bond donors (Lipinski definition) is 3. The Morgan fingerprint density at radius 2 is 2.04 bits per heavy atom. The predicted molar refractivity (Wildman–Crippen MR) is 97.7 cm³/mol. The Bertz CT molecular complexity index is 583. The highest BCUT2D eigenvalue weighted by Gasteiger charge is 2.25. The maximum atomic E-state index is 12.2. The number of amides is 1. The number of rotatable bonds is 8. The summed E-state index contributed by atoms with van der Waals surface area (Å²) < 4.78 is 11.4. The van der Waals surface area contributed by atoms with Gasteiger partial charge < -0.3 is 20.5 Å². The zero-order chi connectivity index (χ0) is 17.7. The van der Waals surface area contributed by atoms with Gasteiger partial charge in [-0.05, 0) is 45.1 Å². The summed E-state index contributed by atoms with van der Waals surface area (Å²) in [5.74, 6) is 1.18. The standard InChI is InChI=1S/C18H29N3O3/c1-5-8-18(2,3)24-17(22)21-15-10-14(20-4)13(19)9-16(15)23-11-12-6-7-12/h9-10,12,20H,5-8,11,19H2,1-4H3,(H,21,22). The lowest BCUT2D eigenvalue weighted by atomic mass is 10.0. The van der Waals surface area contributed by atoms with Gasteiger partial charge in [0.2, 0.25) is 0 Å². The van der Waals surface area contributed by atoms with E-state index in [2.05, 4.69) is 17.6 Å². The second-order valence-electron chi connectivity index (χ2n) is 6.96. The molecule has 1 aliphatic carbocycles. The molecule has 0 heterocycles. The number of ether oxygens (including phenoxy) is 2. The maximum absolute atomic E-state index is 12.2. The first-order chi connectivity index (χ1) is 11.3. The van der Waals surface area contributed by atoms with Crippen LogP contribution in [-0.2, 0) is 4.74 Å². The normalized spacial score (nSPS) is 14.2. The molecule has 0 radical (unpaired) electrons. The molecular formula is C18H29N3O3. The Morgan fingerprint density at radius 1 is 1.33 bits per heavy atom. The quantitative estimate of drug-likeness (QED) is 0.619. The van der Waals surface area contributed by atoms with Crippen molar-refractivity contribution in [3.63, 3.8) is 0 Å². The third-order valence-corrected chi connectivity index (χ3v) is 4.05. The molecule has 1 saturated carbocycles. The van der Waals surface area contributed by atoms with Crippen molar-refractivity contribution in [2.45, 2.75) is 52.1 Å². The number of hydrogen-bond acceptors (Lipinski definition) is 5. The van der Waals surface area contributed by atoms with E-state index in [0.29, 0.717) is 29.6 Å². The second kappa shape index (κ2) is 7.64. The van der Waals surface area contributed by atoms with Crippen LogP contribution in [0.15, 0.2) is 12.1 Å². The largest absolute Gasteiger partial charge is 0.491 e. The molecular weight excluding hydrogens is 306 g/mol. The average molecular weight is 335 g/mol. The fourth-order valence-corrected chi connectivity index (χ4v) is 2.56. The van der Waals surface area contributed by atoms with E-state index in [4.69, 9.17) is 15.2 Å². The van der Waals surface area contributed by atoms with Crippen LogP contribution in [0.2, 0.25) is 0 Å². The Hall–Kier alpha value is -2.11. The van der Waals surface area contributed by atoms with Crippen LogP contribution in [0.5, 0.6) is 5.75 Å². The smallest absolute Gasteiger partial charge is 0.412 e. The monoisotopic (exact) mass is 335 g/mol. The van der Waals surface area contributed by atoms with E-state index in [1.807, 2.05) is 13.8 Å². The summed E-state index contributed by atoms with van der Waals surface area (Å²) in [5, 5.41) is 5.80. The highest BCUT2D eigenvalue weighted by atomic mass is 16.6. The van der Waals surface area contributed by atoms with E-state index in [9.17, 15) is 4.79 Å². The van der Waals surface area contributed by atoms with Gasteiger partial charge in [-0.3, -0.25) is 5.32 Å². The molecule has 1 amide bonds. The molecule has 0 aromatic heterocycles. The van der Waals surface area contributed by atoms with Crippen LogP contribution in [-0.4, -0.2) is 25.3 Å². The van der Waals surface area contributed by atoms with E-state index in [-0.39, 0.29) is 0 Å². The predicted octanol–water partition coefficient (Wildman–Crippen LogP) is 4.23. The lowest BCUT2D eigenvalue weighted by Gasteiger charge is -2.25. The third-order valence-electron chi connectivity index (χ3n) is 4.05. The van der Waals surface area contributed by atoms with Gasteiger partial charge in [0.25, 0.3) is 0 Å². The first-order valence-electron chi connectivity index (χ1n) is 8.58. The molecule has 1 fully saturated rings. The van der Waals surface area contributed by atoms with E-state index in [1.165, 1.54) is 12.8 Å². The number of anilines is 3. The van der Waals surface area contributed by atoms with Gasteiger partial charge in [-0.1, -0.05) is 13.3 Å². The molecule has 0 unspecified atom stereocenters. The van der Waals surface area contributed by atoms with Crippen molar-refractivity contribution >= 4 is 23.2 Å². The fourth-order valence-electron chi connectivity index (χ4n) is 2.56. The zero-order valence-electron chi connectivity index (χ0n) is 15.1. The second-order valence-corrected chi connectivity index (χ2v) is 6.96. The van der Waals surface area contributed by atoms with Gasteiger partial charge in [0.05, 0.1) is 23.7 Å². The molecule has 1 aromatic rings. The van der Waals surface area contributed by atoms with Crippen molar-refractivity contribution in [3.05, 3.63) is 12.1 Å². The third kappa shape index (κ3) is 5.22.